The van der Waals surface area contributed by atoms with Crippen LogP contribution in [0.4, 0.5) is 0 Å². The summed E-state index contributed by atoms with van der Waals surface area (Å²) >= 11 is 0. The van der Waals surface area contributed by atoms with Crippen molar-refractivity contribution in [1.82, 2.24) is 25.0 Å². The molecule has 0 spiro atoms. The van der Waals surface area contributed by atoms with Crippen LogP contribution in [0.5, 0.6) is 0 Å². The second-order valence-electron chi connectivity index (χ2n) is 4.17. The monoisotopic (exact) mass is 295 g/mol. The van der Waals surface area contributed by atoms with Crippen LogP contribution in [0, 0.1) is 0 Å². The summed E-state index contributed by atoms with van der Waals surface area (Å²) < 4.78 is 26.7. The maximum Gasteiger partial charge on any atom is 0.242 e. The molecule has 0 aliphatic heterocycles. The zero-order valence-corrected chi connectivity index (χ0v) is 11.9. The Labute approximate surface area is 117 Å². The summed E-state index contributed by atoms with van der Waals surface area (Å²) in [6.45, 7) is 3.56. The Morgan fingerprint density at radius 1 is 1.35 bits per heavy atom. The van der Waals surface area contributed by atoms with Crippen molar-refractivity contribution in [3.8, 4) is 0 Å². The second kappa shape index (κ2) is 6.60. The topological polar surface area (TPSA) is 99.8 Å². The third kappa shape index (κ3) is 3.86. The molecule has 0 radical (unpaired) electrons. The van der Waals surface area contributed by atoms with Gasteiger partial charge in [0.2, 0.25) is 10.0 Å². The number of sulfonamides is 1. The van der Waals surface area contributed by atoms with Crippen molar-refractivity contribution in [2.24, 2.45) is 0 Å². The molecule has 0 aliphatic carbocycles. The van der Waals surface area contributed by atoms with Crippen LogP contribution in [0.1, 0.15) is 18.3 Å². The fraction of sp³-hybridized carbons (Fsp3) is 0.333. The smallest absolute Gasteiger partial charge is 0.242 e. The third-order valence-corrected chi connectivity index (χ3v) is 4.06. The van der Waals surface area contributed by atoms with Crippen LogP contribution in [0.25, 0.3) is 0 Å². The molecule has 0 amide bonds. The predicted octanol–water partition coefficient (Wildman–Crippen LogP) is 0.393. The maximum absolute atomic E-state index is 12.1. The molecule has 0 saturated carbocycles. The molecule has 108 valence electrons. The first-order chi connectivity index (χ1) is 9.62. The Morgan fingerprint density at radius 3 is 2.90 bits per heavy atom. The van der Waals surface area contributed by atoms with Gasteiger partial charge in [-0.1, -0.05) is 6.92 Å². The van der Waals surface area contributed by atoms with E-state index in [1.54, 1.807) is 18.3 Å². The van der Waals surface area contributed by atoms with Crippen molar-refractivity contribution in [1.29, 1.82) is 0 Å². The van der Waals surface area contributed by atoms with Crippen LogP contribution in [-0.2, 0) is 23.1 Å². The molecule has 2 aromatic heterocycles. The Hall–Kier alpha value is -1.77. The SMILES string of the molecule is CCNCc1cc(S(=O)(=O)NCc2ccncn2)c[nH]1. The van der Waals surface area contributed by atoms with E-state index in [1.165, 1.54) is 12.5 Å². The number of rotatable bonds is 7. The number of hydrogen-bond donors (Lipinski definition) is 3. The number of hydrogen-bond acceptors (Lipinski definition) is 5. The first kappa shape index (κ1) is 14.6. The minimum Gasteiger partial charge on any atom is -0.363 e. The quantitative estimate of drug-likeness (QED) is 0.686. The van der Waals surface area contributed by atoms with Crippen molar-refractivity contribution in [2.45, 2.75) is 24.9 Å². The van der Waals surface area contributed by atoms with Crippen molar-refractivity contribution in [3.63, 3.8) is 0 Å². The average Bonchev–Trinajstić information content (AvgIpc) is 2.94. The molecule has 2 heterocycles. The summed E-state index contributed by atoms with van der Waals surface area (Å²) in [7, 11) is -3.53. The van der Waals surface area contributed by atoms with Gasteiger partial charge in [-0.25, -0.2) is 23.1 Å². The number of aromatic amines is 1. The molecule has 2 rings (SSSR count). The molecule has 0 unspecified atom stereocenters. The van der Waals surface area contributed by atoms with E-state index < -0.39 is 10.0 Å². The van der Waals surface area contributed by atoms with Crippen molar-refractivity contribution >= 4 is 10.0 Å². The first-order valence-corrected chi connectivity index (χ1v) is 7.72. The second-order valence-corrected chi connectivity index (χ2v) is 5.93. The molecule has 0 aliphatic rings. The largest absolute Gasteiger partial charge is 0.363 e. The summed E-state index contributed by atoms with van der Waals surface area (Å²) in [5, 5.41) is 3.12. The lowest BCUT2D eigenvalue weighted by molar-refractivity contribution is 0.580. The Kier molecular flexibility index (Phi) is 4.83. The van der Waals surface area contributed by atoms with E-state index in [9.17, 15) is 8.42 Å². The van der Waals surface area contributed by atoms with E-state index in [4.69, 9.17) is 0 Å². The van der Waals surface area contributed by atoms with E-state index in [-0.39, 0.29) is 11.4 Å². The Balaban J connectivity index is 2.01. The van der Waals surface area contributed by atoms with Gasteiger partial charge in [0.25, 0.3) is 0 Å². The van der Waals surface area contributed by atoms with Gasteiger partial charge in [0, 0.05) is 24.6 Å². The van der Waals surface area contributed by atoms with Crippen LogP contribution in [0.2, 0.25) is 0 Å². The lowest BCUT2D eigenvalue weighted by Gasteiger charge is -2.03. The minimum absolute atomic E-state index is 0.137. The van der Waals surface area contributed by atoms with Gasteiger partial charge < -0.3 is 10.3 Å². The highest BCUT2D eigenvalue weighted by Crippen LogP contribution is 2.11. The molecule has 0 bridgehead atoms. The standard InChI is InChI=1S/C12H17N5O2S/c1-2-13-6-11-5-12(8-15-11)20(18,19)17-7-10-3-4-14-9-16-10/h3-5,8-9,13,15,17H,2,6-7H2,1H3. The number of nitrogens with one attached hydrogen (secondary N) is 3. The van der Waals surface area contributed by atoms with Gasteiger partial charge in [0.1, 0.15) is 6.33 Å². The van der Waals surface area contributed by atoms with Crippen molar-refractivity contribution in [2.75, 3.05) is 6.54 Å². The molecule has 3 N–H and O–H groups in total. The van der Waals surface area contributed by atoms with Crippen LogP contribution >= 0.6 is 0 Å². The zero-order valence-electron chi connectivity index (χ0n) is 11.1. The van der Waals surface area contributed by atoms with Crippen LogP contribution in [0.3, 0.4) is 0 Å². The fourth-order valence-electron chi connectivity index (χ4n) is 1.61. The van der Waals surface area contributed by atoms with Gasteiger partial charge in [-0.3, -0.25) is 0 Å². The molecular weight excluding hydrogens is 278 g/mol. The molecule has 0 fully saturated rings. The van der Waals surface area contributed by atoms with E-state index in [0.717, 1.165) is 12.2 Å². The lowest BCUT2D eigenvalue weighted by Crippen LogP contribution is -2.23. The third-order valence-electron chi connectivity index (χ3n) is 2.68. The van der Waals surface area contributed by atoms with Gasteiger partial charge in [0.15, 0.2) is 0 Å². The summed E-state index contributed by atoms with van der Waals surface area (Å²) in [4.78, 5) is 10.9. The van der Waals surface area contributed by atoms with E-state index in [0.29, 0.717) is 12.2 Å². The summed E-state index contributed by atoms with van der Waals surface area (Å²) in [5.74, 6) is 0. The van der Waals surface area contributed by atoms with Crippen LogP contribution in [-0.4, -0.2) is 29.9 Å². The van der Waals surface area contributed by atoms with E-state index >= 15 is 0 Å². The molecule has 20 heavy (non-hydrogen) atoms. The number of nitrogens with zero attached hydrogens (tertiary/aromatic N) is 2. The van der Waals surface area contributed by atoms with E-state index in [1.807, 2.05) is 6.92 Å². The van der Waals surface area contributed by atoms with Crippen molar-refractivity contribution < 1.29 is 8.42 Å². The molecule has 8 heteroatoms. The predicted molar refractivity (Wildman–Crippen MR) is 74.2 cm³/mol. The maximum atomic E-state index is 12.1. The number of aromatic nitrogens is 3. The van der Waals surface area contributed by atoms with Gasteiger partial charge in [0.05, 0.1) is 17.1 Å². The molecule has 0 aromatic carbocycles. The molecular formula is C12H17N5O2S. The summed E-state index contributed by atoms with van der Waals surface area (Å²) in [6.07, 6.45) is 4.44. The van der Waals surface area contributed by atoms with Crippen LogP contribution < -0.4 is 10.0 Å². The van der Waals surface area contributed by atoms with Crippen LogP contribution in [0.15, 0.2) is 35.7 Å². The van der Waals surface area contributed by atoms with E-state index in [2.05, 4.69) is 25.0 Å². The van der Waals surface area contributed by atoms with Gasteiger partial charge in [-0.2, -0.15) is 0 Å². The first-order valence-electron chi connectivity index (χ1n) is 6.24. The molecule has 2 aromatic rings. The number of H-pyrrole nitrogens is 1. The lowest BCUT2D eigenvalue weighted by atomic mass is 10.4. The van der Waals surface area contributed by atoms with Crippen molar-refractivity contribution in [3.05, 3.63) is 42.2 Å². The molecule has 0 saturated heterocycles. The Morgan fingerprint density at radius 2 is 2.20 bits per heavy atom. The zero-order chi connectivity index (χ0) is 14.4. The normalized spacial score (nSPS) is 11.7. The molecule has 7 nitrogen and oxygen atoms in total. The highest BCUT2D eigenvalue weighted by atomic mass is 32.2. The Bertz CT molecular complexity index is 639. The summed E-state index contributed by atoms with van der Waals surface area (Å²) in [5.41, 5.74) is 1.45. The van der Waals surface area contributed by atoms with Gasteiger partial charge >= 0.3 is 0 Å². The summed E-state index contributed by atoms with van der Waals surface area (Å²) in [6, 6.07) is 3.28. The highest BCUT2D eigenvalue weighted by Gasteiger charge is 2.15. The van der Waals surface area contributed by atoms with Gasteiger partial charge in [-0.05, 0) is 18.7 Å². The van der Waals surface area contributed by atoms with Gasteiger partial charge in [-0.15, -0.1) is 0 Å². The fourth-order valence-corrected chi connectivity index (χ4v) is 2.63. The minimum atomic E-state index is -3.53. The highest BCUT2D eigenvalue weighted by molar-refractivity contribution is 7.89. The average molecular weight is 295 g/mol. The molecule has 0 atom stereocenters.